The van der Waals surface area contributed by atoms with Gasteiger partial charge in [0.1, 0.15) is 6.10 Å². The van der Waals surface area contributed by atoms with Crippen molar-refractivity contribution in [2.45, 2.75) is 110 Å². The molecule has 0 amide bonds. The molecule has 3 aliphatic heterocycles. The molecule has 0 aromatic heterocycles. The normalized spacial score (nSPS) is 41.9. The van der Waals surface area contributed by atoms with E-state index >= 15 is 0 Å². The number of hydrogen-bond acceptors (Lipinski definition) is 7. The van der Waals surface area contributed by atoms with Gasteiger partial charge in [0.2, 0.25) is 6.10 Å². The van der Waals surface area contributed by atoms with Crippen LogP contribution in [0.3, 0.4) is 0 Å². The quantitative estimate of drug-likeness (QED) is 0.660. The van der Waals surface area contributed by atoms with Crippen LogP contribution in [0.15, 0.2) is 0 Å². The van der Waals surface area contributed by atoms with Gasteiger partial charge < -0.3 is 23.7 Å². The Morgan fingerprint density at radius 2 is 1.72 bits per heavy atom. The van der Waals surface area contributed by atoms with Gasteiger partial charge in [-0.2, -0.15) is 0 Å². The summed E-state index contributed by atoms with van der Waals surface area (Å²) in [5, 5.41) is 0. The van der Waals surface area contributed by atoms with Crippen molar-refractivity contribution in [2.75, 3.05) is 0 Å². The molecule has 0 N–H and O–H groups in total. The van der Waals surface area contributed by atoms with Crippen LogP contribution in [0.2, 0.25) is 0 Å². The van der Waals surface area contributed by atoms with Gasteiger partial charge >= 0.3 is 11.9 Å². The fourth-order valence-electron chi connectivity index (χ4n) is 4.76. The highest BCUT2D eigenvalue weighted by Gasteiger charge is 2.66. The highest BCUT2D eigenvalue weighted by molar-refractivity contribution is 5.84. The summed E-state index contributed by atoms with van der Waals surface area (Å²) >= 11 is 0. The maximum absolute atomic E-state index is 12.4. The van der Waals surface area contributed by atoms with E-state index in [-0.39, 0.29) is 5.41 Å². The standard InChI is InChI=1S/C22H34O7/c1-7-21(5,6)19(24)27-15-13-14(25-17(15)23)16-18(26-13)29-22(28-16)10-8-12(9-11-22)20(2,3)4/h12-16,18H,7-11H2,1-6H3/t12?,13?,14?,15?,16-,18-,22?/m1/s1. The first kappa shape index (κ1) is 21.1. The number of rotatable bonds is 3. The summed E-state index contributed by atoms with van der Waals surface area (Å²) in [6.45, 7) is 12.3. The minimum Gasteiger partial charge on any atom is -0.454 e. The SMILES string of the molecule is CCC(C)(C)C(=O)OC1C(=O)OC2C1O[C@@H]1OC3(CCC(C(C)(C)C)CC3)O[C@H]21. The van der Waals surface area contributed by atoms with Crippen LogP contribution < -0.4 is 0 Å². The zero-order chi connectivity index (χ0) is 21.2. The first-order valence-electron chi connectivity index (χ1n) is 10.9. The summed E-state index contributed by atoms with van der Waals surface area (Å²) < 4.78 is 29.5. The molecular weight excluding hydrogens is 376 g/mol. The maximum Gasteiger partial charge on any atom is 0.350 e. The predicted molar refractivity (Wildman–Crippen MR) is 103 cm³/mol. The van der Waals surface area contributed by atoms with E-state index in [0.29, 0.717) is 12.3 Å². The molecule has 3 saturated heterocycles. The number of ether oxygens (including phenoxy) is 5. The molecule has 1 saturated carbocycles. The summed E-state index contributed by atoms with van der Waals surface area (Å²) in [5.41, 5.74) is -0.405. The van der Waals surface area contributed by atoms with Crippen molar-refractivity contribution in [3.05, 3.63) is 0 Å². The van der Waals surface area contributed by atoms with Crippen molar-refractivity contribution in [2.24, 2.45) is 16.7 Å². The summed E-state index contributed by atoms with van der Waals surface area (Å²) in [7, 11) is 0. The molecule has 0 aromatic rings. The summed E-state index contributed by atoms with van der Waals surface area (Å²) in [5.74, 6) is -1.03. The second-order valence-corrected chi connectivity index (χ2v) is 10.7. The van der Waals surface area contributed by atoms with Crippen LogP contribution >= 0.6 is 0 Å². The van der Waals surface area contributed by atoms with Crippen LogP contribution in [0.4, 0.5) is 0 Å². The molecule has 164 valence electrons. The van der Waals surface area contributed by atoms with Crippen LogP contribution in [0.5, 0.6) is 0 Å². The molecule has 3 heterocycles. The van der Waals surface area contributed by atoms with Crippen molar-refractivity contribution in [1.82, 2.24) is 0 Å². The second kappa shape index (κ2) is 6.92. The Labute approximate surface area is 172 Å². The molecule has 1 spiro atoms. The molecule has 1 aliphatic carbocycles. The summed E-state index contributed by atoms with van der Waals surface area (Å²) in [4.78, 5) is 24.8. The number of carbonyl (C=O) groups excluding carboxylic acids is 2. The van der Waals surface area contributed by atoms with E-state index in [1.807, 2.05) is 6.92 Å². The van der Waals surface area contributed by atoms with Gasteiger partial charge in [-0.1, -0.05) is 27.7 Å². The third kappa shape index (κ3) is 3.59. The zero-order valence-electron chi connectivity index (χ0n) is 18.4. The molecule has 4 aliphatic rings. The maximum atomic E-state index is 12.4. The smallest absolute Gasteiger partial charge is 0.350 e. The highest BCUT2D eigenvalue weighted by Crippen LogP contribution is 2.51. The monoisotopic (exact) mass is 410 g/mol. The Kier molecular flexibility index (Phi) is 5.03. The Morgan fingerprint density at radius 1 is 1.07 bits per heavy atom. The summed E-state index contributed by atoms with van der Waals surface area (Å²) in [6.07, 6.45) is 0.864. The van der Waals surface area contributed by atoms with Gasteiger partial charge in [-0.05, 0) is 44.4 Å². The van der Waals surface area contributed by atoms with Crippen LogP contribution in [-0.2, 0) is 33.3 Å². The molecule has 29 heavy (non-hydrogen) atoms. The zero-order valence-corrected chi connectivity index (χ0v) is 18.4. The molecule has 3 unspecified atom stereocenters. The van der Waals surface area contributed by atoms with E-state index < -0.39 is 53.8 Å². The van der Waals surface area contributed by atoms with Crippen LogP contribution in [-0.4, -0.2) is 48.4 Å². The average molecular weight is 411 g/mol. The van der Waals surface area contributed by atoms with Gasteiger partial charge in [-0.3, -0.25) is 4.79 Å². The minimum absolute atomic E-state index is 0.266. The fraction of sp³-hybridized carbons (Fsp3) is 0.909. The van der Waals surface area contributed by atoms with Crippen molar-refractivity contribution >= 4 is 11.9 Å². The van der Waals surface area contributed by atoms with E-state index in [1.54, 1.807) is 13.8 Å². The van der Waals surface area contributed by atoms with Crippen molar-refractivity contribution in [1.29, 1.82) is 0 Å². The van der Waals surface area contributed by atoms with Gasteiger partial charge in [0, 0.05) is 12.8 Å². The van der Waals surface area contributed by atoms with E-state index in [4.69, 9.17) is 23.7 Å². The molecule has 0 aromatic carbocycles. The fourth-order valence-corrected chi connectivity index (χ4v) is 4.76. The van der Waals surface area contributed by atoms with Gasteiger partial charge in [0.05, 0.1) is 5.41 Å². The Balaban J connectivity index is 1.40. The van der Waals surface area contributed by atoms with Crippen molar-refractivity contribution in [3.63, 3.8) is 0 Å². The number of hydrogen-bond donors (Lipinski definition) is 0. The molecule has 0 radical (unpaired) electrons. The molecule has 5 atom stereocenters. The second-order valence-electron chi connectivity index (χ2n) is 10.7. The Hall–Kier alpha value is -1.18. The van der Waals surface area contributed by atoms with Gasteiger partial charge in [-0.15, -0.1) is 0 Å². The van der Waals surface area contributed by atoms with Crippen LogP contribution in [0.25, 0.3) is 0 Å². The van der Waals surface area contributed by atoms with Crippen LogP contribution in [0, 0.1) is 16.7 Å². The van der Waals surface area contributed by atoms with Crippen molar-refractivity contribution < 1.29 is 33.3 Å². The largest absolute Gasteiger partial charge is 0.454 e. The lowest BCUT2D eigenvalue weighted by Crippen LogP contribution is -2.43. The molecule has 4 fully saturated rings. The molecule has 7 heteroatoms. The average Bonchev–Trinajstić information content (AvgIpc) is 3.23. The third-order valence-corrected chi connectivity index (χ3v) is 7.31. The Morgan fingerprint density at radius 3 is 2.31 bits per heavy atom. The first-order chi connectivity index (χ1) is 13.5. The lowest BCUT2D eigenvalue weighted by atomic mass is 9.71. The highest BCUT2D eigenvalue weighted by atomic mass is 16.9. The number of fused-ring (bicyclic) bond motifs is 3. The van der Waals surface area contributed by atoms with E-state index in [9.17, 15) is 9.59 Å². The third-order valence-electron chi connectivity index (χ3n) is 7.31. The molecule has 0 bridgehead atoms. The van der Waals surface area contributed by atoms with E-state index in [0.717, 1.165) is 25.7 Å². The minimum atomic E-state index is -1.07. The van der Waals surface area contributed by atoms with Gasteiger partial charge in [-0.25, -0.2) is 4.79 Å². The van der Waals surface area contributed by atoms with E-state index in [1.165, 1.54) is 0 Å². The van der Waals surface area contributed by atoms with E-state index in [2.05, 4.69) is 20.8 Å². The topological polar surface area (TPSA) is 80.3 Å². The van der Waals surface area contributed by atoms with Gasteiger partial charge in [0.15, 0.2) is 24.3 Å². The Bertz CT molecular complexity index is 671. The summed E-state index contributed by atoms with van der Waals surface area (Å²) in [6, 6.07) is 0. The predicted octanol–water partition coefficient (Wildman–Crippen LogP) is 3.33. The molecule has 4 rings (SSSR count). The molecular formula is C22H34O7. The van der Waals surface area contributed by atoms with Crippen molar-refractivity contribution in [3.8, 4) is 0 Å². The first-order valence-corrected chi connectivity index (χ1v) is 10.9. The number of esters is 2. The number of carbonyl (C=O) groups is 2. The lowest BCUT2D eigenvalue weighted by molar-refractivity contribution is -0.251. The van der Waals surface area contributed by atoms with Crippen LogP contribution in [0.1, 0.15) is 73.6 Å². The van der Waals surface area contributed by atoms with Gasteiger partial charge in [0.25, 0.3) is 0 Å². The molecule has 7 nitrogen and oxygen atoms in total. The lowest BCUT2D eigenvalue weighted by Gasteiger charge is -2.41.